The molecule has 122 valence electrons. The summed E-state index contributed by atoms with van der Waals surface area (Å²) in [7, 11) is 0. The number of nitrogens with zero attached hydrogens (tertiary/aromatic N) is 2. The minimum Gasteiger partial charge on any atom is -0.295 e. The van der Waals surface area contributed by atoms with Gasteiger partial charge in [-0.2, -0.15) is 0 Å². The normalized spacial score (nSPS) is 11.4. The van der Waals surface area contributed by atoms with E-state index in [9.17, 15) is 4.79 Å². The highest BCUT2D eigenvalue weighted by atomic mass is 16.1. The van der Waals surface area contributed by atoms with Crippen molar-refractivity contribution in [2.75, 3.05) is 0 Å². The van der Waals surface area contributed by atoms with E-state index in [1.54, 1.807) is 6.21 Å². The Bertz CT molecular complexity index is 1120. The highest BCUT2D eigenvalue weighted by molar-refractivity contribution is 5.88. The van der Waals surface area contributed by atoms with Crippen LogP contribution in [-0.2, 0) is 0 Å². The van der Waals surface area contributed by atoms with E-state index in [4.69, 9.17) is 0 Å². The van der Waals surface area contributed by atoms with Gasteiger partial charge in [0.05, 0.1) is 16.9 Å². The van der Waals surface area contributed by atoms with E-state index in [2.05, 4.69) is 22.2 Å². The number of benzene rings is 3. The summed E-state index contributed by atoms with van der Waals surface area (Å²) in [6.07, 6.45) is 1.64. The maximum atomic E-state index is 12.7. The van der Waals surface area contributed by atoms with Crippen molar-refractivity contribution in [1.82, 2.24) is 9.78 Å². The molecule has 0 aliphatic heterocycles. The first kappa shape index (κ1) is 15.1. The lowest BCUT2D eigenvalue weighted by Crippen LogP contribution is -2.17. The Morgan fingerprint density at radius 3 is 2.44 bits per heavy atom. The monoisotopic (exact) mass is 327 g/mol. The van der Waals surface area contributed by atoms with Crippen LogP contribution >= 0.6 is 0 Å². The zero-order valence-corrected chi connectivity index (χ0v) is 13.8. The molecule has 0 bridgehead atoms. The molecule has 0 fully saturated rings. The molecule has 1 N–H and O–H groups in total. The molecule has 0 saturated carbocycles. The van der Waals surface area contributed by atoms with Crippen molar-refractivity contribution in [3.8, 4) is 5.69 Å². The van der Waals surface area contributed by atoms with Crippen LogP contribution in [0, 0.1) is 6.92 Å². The molecule has 25 heavy (non-hydrogen) atoms. The third-order valence-corrected chi connectivity index (χ3v) is 4.21. The fourth-order valence-corrected chi connectivity index (χ4v) is 2.87. The van der Waals surface area contributed by atoms with Gasteiger partial charge in [0.25, 0.3) is 5.56 Å². The van der Waals surface area contributed by atoms with E-state index in [1.807, 2.05) is 67.6 Å². The first-order chi connectivity index (χ1) is 12.2. The Morgan fingerprint density at radius 2 is 1.64 bits per heavy atom. The molecule has 4 rings (SSSR count). The quantitative estimate of drug-likeness (QED) is 0.558. The second-order valence-corrected chi connectivity index (χ2v) is 5.92. The fraction of sp³-hybridized carbons (Fsp3) is 0.0476. The van der Waals surface area contributed by atoms with E-state index in [0.29, 0.717) is 5.56 Å². The largest absolute Gasteiger partial charge is 0.295 e. The lowest BCUT2D eigenvalue weighted by Gasteiger charge is -1.99. The van der Waals surface area contributed by atoms with Crippen molar-refractivity contribution in [1.29, 1.82) is 0 Å². The van der Waals surface area contributed by atoms with Crippen LogP contribution in [0.15, 0.2) is 82.6 Å². The number of aromatic amines is 1. The first-order valence-corrected chi connectivity index (χ1v) is 8.12. The number of rotatable bonds is 3. The van der Waals surface area contributed by atoms with Crippen molar-refractivity contribution in [3.63, 3.8) is 0 Å². The van der Waals surface area contributed by atoms with Gasteiger partial charge in [0.15, 0.2) is 0 Å². The number of hydrogen-bond donors (Lipinski definition) is 1. The summed E-state index contributed by atoms with van der Waals surface area (Å²) in [5.74, 6) is 0. The van der Waals surface area contributed by atoms with Crippen LogP contribution in [0.5, 0.6) is 0 Å². The minimum absolute atomic E-state index is 0.103. The maximum Gasteiger partial charge on any atom is 0.280 e. The van der Waals surface area contributed by atoms with Crippen molar-refractivity contribution >= 4 is 22.7 Å². The zero-order valence-electron chi connectivity index (χ0n) is 13.8. The fourth-order valence-electron chi connectivity index (χ4n) is 2.87. The minimum atomic E-state index is -0.103. The maximum absolute atomic E-state index is 12.7. The van der Waals surface area contributed by atoms with Gasteiger partial charge in [-0.25, -0.2) is 4.68 Å². The summed E-state index contributed by atoms with van der Waals surface area (Å²) in [6.45, 7) is 1.88. The number of aromatic nitrogens is 2. The standard InChI is InChI=1S/C21H17N3O/c1-15-20(21(25)24(23-15)19-9-3-2-4-10-19)14-22-18-12-11-16-7-5-6-8-17(16)13-18/h2-14,23H,1H3. The smallest absolute Gasteiger partial charge is 0.280 e. The average Bonchev–Trinajstić information content (AvgIpc) is 2.94. The van der Waals surface area contributed by atoms with E-state index in [1.165, 1.54) is 10.1 Å². The van der Waals surface area contributed by atoms with Gasteiger partial charge in [-0.05, 0) is 42.0 Å². The Balaban J connectivity index is 1.71. The molecule has 0 unspecified atom stereocenters. The molecule has 0 aliphatic carbocycles. The summed E-state index contributed by atoms with van der Waals surface area (Å²) < 4.78 is 1.54. The van der Waals surface area contributed by atoms with Crippen LogP contribution < -0.4 is 5.56 Å². The van der Waals surface area contributed by atoms with Gasteiger partial charge >= 0.3 is 0 Å². The second-order valence-electron chi connectivity index (χ2n) is 5.92. The molecule has 4 heteroatoms. The molecule has 3 aromatic carbocycles. The predicted octanol–water partition coefficient (Wildman–Crippen LogP) is 4.38. The number of para-hydroxylation sites is 1. The Hall–Kier alpha value is -3.40. The summed E-state index contributed by atoms with van der Waals surface area (Å²) in [5.41, 5.74) is 2.88. The number of aryl methyl sites for hydroxylation is 1. The Kier molecular flexibility index (Phi) is 3.78. The van der Waals surface area contributed by atoms with Gasteiger partial charge in [-0.1, -0.05) is 48.5 Å². The van der Waals surface area contributed by atoms with Gasteiger partial charge in [0.1, 0.15) is 0 Å². The van der Waals surface area contributed by atoms with E-state index in [0.717, 1.165) is 22.5 Å². The van der Waals surface area contributed by atoms with Gasteiger partial charge < -0.3 is 0 Å². The molecule has 1 heterocycles. The summed E-state index contributed by atoms with van der Waals surface area (Å²) >= 11 is 0. The predicted molar refractivity (Wildman–Crippen MR) is 102 cm³/mol. The van der Waals surface area contributed by atoms with Crippen molar-refractivity contribution in [2.24, 2.45) is 4.99 Å². The summed E-state index contributed by atoms with van der Waals surface area (Å²) in [5, 5.41) is 5.41. The topological polar surface area (TPSA) is 50.1 Å². The van der Waals surface area contributed by atoms with Crippen LogP contribution in [0.1, 0.15) is 11.3 Å². The van der Waals surface area contributed by atoms with Crippen molar-refractivity contribution < 1.29 is 0 Å². The lowest BCUT2D eigenvalue weighted by molar-refractivity contribution is 0.835. The molecule has 4 aromatic rings. The van der Waals surface area contributed by atoms with Crippen molar-refractivity contribution in [2.45, 2.75) is 6.92 Å². The Morgan fingerprint density at radius 1 is 0.920 bits per heavy atom. The highest BCUT2D eigenvalue weighted by Crippen LogP contribution is 2.21. The summed E-state index contributed by atoms with van der Waals surface area (Å²) in [4.78, 5) is 17.2. The van der Waals surface area contributed by atoms with Crippen LogP contribution in [0.3, 0.4) is 0 Å². The second kappa shape index (κ2) is 6.24. The molecular weight excluding hydrogens is 310 g/mol. The van der Waals surface area contributed by atoms with Crippen molar-refractivity contribution in [3.05, 3.63) is 94.4 Å². The third kappa shape index (κ3) is 2.90. The summed E-state index contributed by atoms with van der Waals surface area (Å²) in [6, 6.07) is 23.7. The van der Waals surface area contributed by atoms with Gasteiger partial charge in [0, 0.05) is 11.9 Å². The van der Waals surface area contributed by atoms with Gasteiger partial charge in [-0.3, -0.25) is 14.9 Å². The van der Waals surface area contributed by atoms with Crippen LogP contribution in [0.2, 0.25) is 0 Å². The molecule has 0 atom stereocenters. The van der Waals surface area contributed by atoms with E-state index >= 15 is 0 Å². The SMILES string of the molecule is Cc1[nH]n(-c2ccccc2)c(=O)c1C=Nc1ccc2ccccc2c1. The molecule has 0 aliphatic rings. The Labute approximate surface area is 145 Å². The number of nitrogens with one attached hydrogen (secondary N) is 1. The van der Waals surface area contributed by atoms with Gasteiger partial charge in [0.2, 0.25) is 0 Å². The number of aliphatic imine (C=N–C) groups is 1. The molecule has 1 aromatic heterocycles. The average molecular weight is 327 g/mol. The van der Waals surface area contributed by atoms with Crippen LogP contribution in [0.4, 0.5) is 5.69 Å². The number of hydrogen-bond acceptors (Lipinski definition) is 2. The number of fused-ring (bicyclic) bond motifs is 1. The molecular formula is C21H17N3O. The molecule has 4 nitrogen and oxygen atoms in total. The first-order valence-electron chi connectivity index (χ1n) is 8.12. The highest BCUT2D eigenvalue weighted by Gasteiger charge is 2.10. The van der Waals surface area contributed by atoms with E-state index < -0.39 is 0 Å². The van der Waals surface area contributed by atoms with Gasteiger partial charge in [-0.15, -0.1) is 0 Å². The van der Waals surface area contributed by atoms with Crippen LogP contribution in [0.25, 0.3) is 16.5 Å². The molecule has 0 spiro atoms. The molecule has 0 radical (unpaired) electrons. The molecule has 0 saturated heterocycles. The zero-order chi connectivity index (χ0) is 17.2. The third-order valence-electron chi connectivity index (χ3n) is 4.21. The number of H-pyrrole nitrogens is 1. The van der Waals surface area contributed by atoms with E-state index in [-0.39, 0.29) is 5.56 Å². The lowest BCUT2D eigenvalue weighted by atomic mass is 10.1. The molecule has 0 amide bonds. The van der Waals surface area contributed by atoms with Crippen LogP contribution in [-0.4, -0.2) is 16.0 Å².